The molecule has 0 fully saturated rings. The van der Waals surface area contributed by atoms with Gasteiger partial charge in [-0.2, -0.15) is 5.10 Å². The van der Waals surface area contributed by atoms with Gasteiger partial charge in [0.05, 0.1) is 12.5 Å². The minimum absolute atomic E-state index is 0.797. The molecule has 60 valence electrons. The van der Waals surface area contributed by atoms with Crippen LogP contribution in [0, 0.1) is 0 Å². The van der Waals surface area contributed by atoms with Gasteiger partial charge >= 0.3 is 0 Å². The van der Waals surface area contributed by atoms with Crippen LogP contribution in [-0.4, -0.2) is 25.7 Å². The van der Waals surface area contributed by atoms with E-state index < -0.39 is 14.9 Å². The van der Waals surface area contributed by atoms with E-state index in [-0.39, 0.29) is 0 Å². The number of rotatable bonds is 3. The van der Waals surface area contributed by atoms with E-state index in [9.17, 15) is 8.42 Å². The summed E-state index contributed by atoms with van der Waals surface area (Å²) in [5.41, 5.74) is 0. The molecule has 1 N–H and O–H groups in total. The third-order valence-electron chi connectivity index (χ3n) is 0.406. The first-order valence-corrected chi connectivity index (χ1v) is 4.96. The molecule has 0 bridgehead atoms. The van der Waals surface area contributed by atoms with E-state index in [1.54, 1.807) is 0 Å². The molecule has 0 atom stereocenters. The summed E-state index contributed by atoms with van der Waals surface area (Å²) in [4.78, 5) is 1.03. The Balaban J connectivity index is 3.77. The van der Waals surface area contributed by atoms with E-state index in [0.717, 1.165) is 12.5 Å². The van der Waals surface area contributed by atoms with Gasteiger partial charge in [-0.1, -0.05) is 23.2 Å². The summed E-state index contributed by atoms with van der Waals surface area (Å²) in [6.45, 7) is 0. The van der Waals surface area contributed by atoms with Crippen molar-refractivity contribution in [3.8, 4) is 0 Å². The molecule has 0 radical (unpaired) electrons. The summed E-state index contributed by atoms with van der Waals surface area (Å²) in [6.07, 6.45) is 2.03. The normalized spacial score (nSPS) is 12.8. The summed E-state index contributed by atoms with van der Waals surface area (Å²) in [6, 6.07) is 0. The molecule has 0 rings (SSSR count). The van der Waals surface area contributed by atoms with Crippen LogP contribution in [0.4, 0.5) is 0 Å². The maximum absolute atomic E-state index is 10.3. The van der Waals surface area contributed by atoms with Crippen molar-refractivity contribution in [3.05, 3.63) is 0 Å². The van der Waals surface area contributed by atoms with Gasteiger partial charge in [0, 0.05) is 0 Å². The molecule has 0 aromatic carbocycles. The lowest BCUT2D eigenvalue weighted by atomic mass is 10.9. The van der Waals surface area contributed by atoms with E-state index in [1.165, 1.54) is 0 Å². The van der Waals surface area contributed by atoms with Crippen molar-refractivity contribution in [1.82, 2.24) is 4.83 Å². The van der Waals surface area contributed by atoms with Gasteiger partial charge in [-0.25, -0.2) is 13.2 Å². The summed E-state index contributed by atoms with van der Waals surface area (Å²) >= 11 is 10.4. The molecular weight excluding hydrogens is 199 g/mol. The second-order valence-electron chi connectivity index (χ2n) is 1.48. The van der Waals surface area contributed by atoms with Crippen molar-refractivity contribution in [2.75, 3.05) is 6.26 Å². The minimum atomic E-state index is -3.28. The first-order valence-electron chi connectivity index (χ1n) is 2.20. The van der Waals surface area contributed by atoms with Crippen LogP contribution >= 0.6 is 23.2 Å². The van der Waals surface area contributed by atoms with E-state index in [0.29, 0.717) is 0 Å². The van der Waals surface area contributed by atoms with Crippen molar-refractivity contribution >= 4 is 39.4 Å². The highest BCUT2D eigenvalue weighted by atomic mass is 35.5. The number of sulfonamides is 1. The third-order valence-corrected chi connectivity index (χ3v) is 1.07. The summed E-state index contributed by atoms with van der Waals surface area (Å²) in [5.74, 6) is 0. The van der Waals surface area contributed by atoms with E-state index in [2.05, 4.69) is 5.10 Å². The molecule has 0 aliphatic rings. The Morgan fingerprint density at radius 1 is 1.60 bits per heavy atom. The summed E-state index contributed by atoms with van der Waals surface area (Å²) in [5, 5.41) is 3.22. The number of alkyl halides is 2. The van der Waals surface area contributed by atoms with Crippen molar-refractivity contribution < 1.29 is 8.42 Å². The topological polar surface area (TPSA) is 58.5 Å². The van der Waals surface area contributed by atoms with Gasteiger partial charge in [-0.3, -0.25) is 0 Å². The van der Waals surface area contributed by atoms with Gasteiger partial charge in [0.15, 0.2) is 0 Å². The maximum atomic E-state index is 10.3. The summed E-state index contributed by atoms with van der Waals surface area (Å²) in [7, 11) is -3.28. The Labute approximate surface area is 69.3 Å². The van der Waals surface area contributed by atoms with E-state index >= 15 is 0 Å². The molecule has 0 aromatic heterocycles. The van der Waals surface area contributed by atoms with Crippen molar-refractivity contribution in [1.29, 1.82) is 0 Å². The van der Waals surface area contributed by atoms with Crippen LogP contribution in [0.25, 0.3) is 0 Å². The smallest absolute Gasteiger partial charge is 0.206 e. The van der Waals surface area contributed by atoms with Gasteiger partial charge in [-0.15, -0.1) is 0 Å². The molecule has 4 nitrogen and oxygen atoms in total. The molecule has 0 amide bonds. The molecule has 0 heterocycles. The number of nitrogens with one attached hydrogen (secondary N) is 1. The van der Waals surface area contributed by atoms with Gasteiger partial charge < -0.3 is 0 Å². The predicted octanol–water partition coefficient (Wildman–Crippen LogP) is 0.325. The fourth-order valence-corrected chi connectivity index (χ4v) is 0.548. The molecular formula is C3H6Cl2N2O2S. The van der Waals surface area contributed by atoms with Gasteiger partial charge in [0.1, 0.15) is 4.84 Å². The van der Waals surface area contributed by atoms with Gasteiger partial charge in [0.25, 0.3) is 0 Å². The average molecular weight is 205 g/mol. The van der Waals surface area contributed by atoms with Crippen LogP contribution in [0.1, 0.15) is 0 Å². The Morgan fingerprint density at radius 2 is 2.10 bits per heavy atom. The highest BCUT2D eigenvalue weighted by molar-refractivity contribution is 7.88. The quantitative estimate of drug-likeness (QED) is 0.410. The van der Waals surface area contributed by atoms with Crippen LogP contribution in [0.3, 0.4) is 0 Å². The number of nitrogens with zero attached hydrogens (tertiary/aromatic N) is 1. The minimum Gasteiger partial charge on any atom is -0.206 e. The Hall–Kier alpha value is -0.000000000000000111. The van der Waals surface area contributed by atoms with Gasteiger partial charge in [-0.05, 0) is 0 Å². The molecule has 0 aliphatic heterocycles. The summed E-state index contributed by atoms with van der Waals surface area (Å²) < 4.78 is 20.6. The Kier molecular flexibility index (Phi) is 4.00. The third kappa shape index (κ3) is 8.00. The highest BCUT2D eigenvalue weighted by Crippen LogP contribution is 1.95. The lowest BCUT2D eigenvalue weighted by molar-refractivity contribution is 0.591. The number of hydrazone groups is 1. The van der Waals surface area contributed by atoms with Crippen LogP contribution < -0.4 is 4.83 Å². The van der Waals surface area contributed by atoms with Crippen molar-refractivity contribution in [2.24, 2.45) is 5.10 Å². The highest BCUT2D eigenvalue weighted by Gasteiger charge is 1.95. The molecule has 0 unspecified atom stereocenters. The second-order valence-corrected chi connectivity index (χ2v) is 4.37. The molecule has 0 aliphatic carbocycles. The van der Waals surface area contributed by atoms with Crippen LogP contribution in [-0.2, 0) is 10.0 Å². The average Bonchev–Trinajstić information content (AvgIpc) is 1.59. The number of hydrogen-bond acceptors (Lipinski definition) is 3. The second kappa shape index (κ2) is 4.00. The fourth-order valence-electron chi connectivity index (χ4n) is 0.183. The lowest BCUT2D eigenvalue weighted by Gasteiger charge is -1.93. The monoisotopic (exact) mass is 204 g/mol. The molecule has 7 heteroatoms. The Morgan fingerprint density at radius 3 is 2.40 bits per heavy atom. The van der Waals surface area contributed by atoms with Crippen LogP contribution in [0.2, 0.25) is 0 Å². The molecule has 10 heavy (non-hydrogen) atoms. The molecule has 0 saturated heterocycles. The number of halogens is 2. The Bertz CT molecular complexity index is 211. The molecule has 0 saturated carbocycles. The van der Waals surface area contributed by atoms with Gasteiger partial charge in [0.2, 0.25) is 10.0 Å². The van der Waals surface area contributed by atoms with E-state index in [4.69, 9.17) is 23.2 Å². The standard InChI is InChI=1S/C3H6Cl2N2O2S/c1-10(8,9)7-6-2-3(4)5/h2-3,7H,1H3/b6-2+. The number of hydrogen-bond donors (Lipinski definition) is 1. The predicted molar refractivity (Wildman–Crippen MR) is 42.0 cm³/mol. The SMILES string of the molecule is CS(=O)(=O)N/N=C/C(Cl)Cl. The van der Waals surface area contributed by atoms with E-state index in [1.807, 2.05) is 4.83 Å². The fraction of sp³-hybridized carbons (Fsp3) is 0.667. The first-order chi connectivity index (χ1) is 4.42. The first kappa shape index (κ1) is 10.0. The zero-order valence-electron chi connectivity index (χ0n) is 5.08. The van der Waals surface area contributed by atoms with Crippen molar-refractivity contribution in [2.45, 2.75) is 4.84 Å². The maximum Gasteiger partial charge on any atom is 0.244 e. The lowest BCUT2D eigenvalue weighted by Crippen LogP contribution is -2.16. The van der Waals surface area contributed by atoms with Crippen LogP contribution in [0.15, 0.2) is 5.10 Å². The zero-order valence-corrected chi connectivity index (χ0v) is 7.41. The van der Waals surface area contributed by atoms with Crippen LogP contribution in [0.5, 0.6) is 0 Å². The van der Waals surface area contributed by atoms with Crippen molar-refractivity contribution in [3.63, 3.8) is 0 Å². The zero-order chi connectivity index (χ0) is 8.20. The largest absolute Gasteiger partial charge is 0.244 e. The molecule has 0 spiro atoms. The molecule has 0 aromatic rings.